The van der Waals surface area contributed by atoms with Crippen LogP contribution in [0.3, 0.4) is 0 Å². The summed E-state index contributed by atoms with van der Waals surface area (Å²) in [7, 11) is 0. The maximum atomic E-state index is 8.20. The molecule has 4 heteroatoms. The number of aromatic nitrogens is 1. The van der Waals surface area contributed by atoms with Gasteiger partial charge in [0.05, 0.1) is 18.2 Å². The van der Waals surface area contributed by atoms with Gasteiger partial charge >= 0.3 is 0 Å². The smallest absolute Gasteiger partial charge is 0.180 e. The minimum Gasteiger partial charge on any atom is -0.375 e. The maximum absolute atomic E-state index is 8.20. The number of thiazole rings is 1. The molecule has 0 atom stereocenters. The Labute approximate surface area is 56.8 Å². The number of rotatable bonds is 1. The Balaban J connectivity index is 2.76. The van der Waals surface area contributed by atoms with Crippen LogP contribution in [-0.4, -0.2) is 4.98 Å². The van der Waals surface area contributed by atoms with Crippen LogP contribution in [0.2, 0.25) is 0 Å². The first-order chi connectivity index (χ1) is 4.33. The molecule has 0 fully saturated rings. The van der Waals surface area contributed by atoms with Crippen LogP contribution in [0.1, 0.15) is 5.69 Å². The van der Waals surface area contributed by atoms with E-state index in [9.17, 15) is 0 Å². The summed E-state index contributed by atoms with van der Waals surface area (Å²) in [5, 5.41) is 10.5. The van der Waals surface area contributed by atoms with Crippen molar-refractivity contribution < 1.29 is 0 Å². The van der Waals surface area contributed by atoms with Gasteiger partial charge in [0, 0.05) is 5.38 Å². The molecule has 0 bridgehead atoms. The molecule has 0 aromatic carbocycles. The van der Waals surface area contributed by atoms with Crippen molar-refractivity contribution in [2.45, 2.75) is 6.42 Å². The Hall–Kier alpha value is -1.08. The van der Waals surface area contributed by atoms with E-state index in [2.05, 4.69) is 4.98 Å². The number of nitrogens with zero attached hydrogens (tertiary/aromatic N) is 2. The Morgan fingerprint density at radius 3 is 3.11 bits per heavy atom. The SMILES string of the molecule is N#CCc1csc(N)n1. The summed E-state index contributed by atoms with van der Waals surface area (Å²) in [6, 6.07) is 1.99. The molecule has 0 aliphatic heterocycles. The summed E-state index contributed by atoms with van der Waals surface area (Å²) >= 11 is 1.36. The van der Waals surface area contributed by atoms with Crippen molar-refractivity contribution in [3.63, 3.8) is 0 Å². The van der Waals surface area contributed by atoms with Crippen molar-refractivity contribution in [1.82, 2.24) is 4.98 Å². The van der Waals surface area contributed by atoms with Crippen molar-refractivity contribution in [2.75, 3.05) is 5.73 Å². The third-order valence-corrected chi connectivity index (χ3v) is 1.55. The molecule has 1 heterocycles. The summed E-state index contributed by atoms with van der Waals surface area (Å²) < 4.78 is 0. The largest absolute Gasteiger partial charge is 0.375 e. The Bertz CT molecular complexity index is 235. The van der Waals surface area contributed by atoms with Gasteiger partial charge in [-0.2, -0.15) is 5.26 Å². The van der Waals surface area contributed by atoms with Crippen molar-refractivity contribution in [1.29, 1.82) is 5.26 Å². The molecular formula is C5H5N3S. The van der Waals surface area contributed by atoms with Gasteiger partial charge in [-0.05, 0) is 0 Å². The fraction of sp³-hybridized carbons (Fsp3) is 0.200. The summed E-state index contributed by atoms with van der Waals surface area (Å²) in [4.78, 5) is 3.87. The lowest BCUT2D eigenvalue weighted by Crippen LogP contribution is -1.84. The van der Waals surface area contributed by atoms with Gasteiger partial charge in [0.25, 0.3) is 0 Å². The highest BCUT2D eigenvalue weighted by Gasteiger charge is 1.94. The standard InChI is InChI=1S/C5H5N3S/c6-2-1-4-3-9-5(7)8-4/h3H,1H2,(H2,7,8). The van der Waals surface area contributed by atoms with Gasteiger partial charge in [-0.1, -0.05) is 0 Å². The molecule has 9 heavy (non-hydrogen) atoms. The van der Waals surface area contributed by atoms with E-state index < -0.39 is 0 Å². The second-order valence-electron chi connectivity index (χ2n) is 1.51. The van der Waals surface area contributed by atoms with E-state index in [0.717, 1.165) is 5.69 Å². The second-order valence-corrected chi connectivity index (χ2v) is 2.40. The van der Waals surface area contributed by atoms with Gasteiger partial charge in [0.2, 0.25) is 0 Å². The molecule has 2 N–H and O–H groups in total. The topological polar surface area (TPSA) is 62.7 Å². The van der Waals surface area contributed by atoms with Gasteiger partial charge in [0.1, 0.15) is 0 Å². The molecule has 0 radical (unpaired) electrons. The first-order valence-corrected chi connectivity index (χ1v) is 3.27. The second kappa shape index (κ2) is 2.46. The first-order valence-electron chi connectivity index (χ1n) is 2.40. The predicted molar refractivity (Wildman–Crippen MR) is 35.8 cm³/mol. The maximum Gasteiger partial charge on any atom is 0.180 e. The average molecular weight is 139 g/mol. The number of anilines is 1. The zero-order valence-corrected chi connectivity index (χ0v) is 5.48. The normalized spacial score (nSPS) is 8.78. The van der Waals surface area contributed by atoms with Crippen LogP contribution in [0.25, 0.3) is 0 Å². The highest BCUT2D eigenvalue weighted by molar-refractivity contribution is 7.13. The Morgan fingerprint density at radius 2 is 2.67 bits per heavy atom. The lowest BCUT2D eigenvalue weighted by atomic mass is 10.4. The zero-order chi connectivity index (χ0) is 6.69. The molecule has 0 saturated carbocycles. The number of nitrogen functional groups attached to an aromatic ring is 1. The molecule has 46 valence electrons. The number of nitrogens with two attached hydrogens (primary N) is 1. The van der Waals surface area contributed by atoms with Gasteiger partial charge in [-0.3, -0.25) is 0 Å². The molecule has 0 amide bonds. The van der Waals surface area contributed by atoms with E-state index >= 15 is 0 Å². The molecule has 1 aromatic rings. The molecule has 0 aliphatic carbocycles. The van der Waals surface area contributed by atoms with Crippen LogP contribution in [-0.2, 0) is 6.42 Å². The molecule has 1 rings (SSSR count). The van der Waals surface area contributed by atoms with Crippen LogP contribution < -0.4 is 5.73 Å². The first kappa shape index (κ1) is 6.05. The van der Waals surface area contributed by atoms with Crippen LogP contribution in [0.15, 0.2) is 5.38 Å². The third kappa shape index (κ3) is 1.40. The molecular weight excluding hydrogens is 134 g/mol. The van der Waals surface area contributed by atoms with Gasteiger partial charge in [-0.15, -0.1) is 11.3 Å². The minimum absolute atomic E-state index is 0.355. The van der Waals surface area contributed by atoms with E-state index in [1.807, 2.05) is 6.07 Å². The fourth-order valence-corrected chi connectivity index (χ4v) is 1.05. The summed E-state index contributed by atoms with van der Waals surface area (Å²) in [6.45, 7) is 0. The van der Waals surface area contributed by atoms with Crippen molar-refractivity contribution in [3.8, 4) is 6.07 Å². The number of hydrogen-bond acceptors (Lipinski definition) is 4. The fourth-order valence-electron chi connectivity index (χ4n) is 0.485. The van der Waals surface area contributed by atoms with Crippen LogP contribution >= 0.6 is 11.3 Å². The summed E-state index contributed by atoms with van der Waals surface area (Å²) in [5.41, 5.74) is 6.07. The highest BCUT2D eigenvalue weighted by atomic mass is 32.1. The monoisotopic (exact) mass is 139 g/mol. The Kier molecular flexibility index (Phi) is 1.66. The van der Waals surface area contributed by atoms with E-state index in [1.54, 1.807) is 5.38 Å². The summed E-state index contributed by atoms with van der Waals surface area (Å²) in [6.07, 6.45) is 0.355. The Morgan fingerprint density at radius 1 is 1.89 bits per heavy atom. The van der Waals surface area contributed by atoms with Gasteiger partial charge in [-0.25, -0.2) is 4.98 Å². The molecule has 0 saturated heterocycles. The van der Waals surface area contributed by atoms with Crippen LogP contribution in [0.5, 0.6) is 0 Å². The third-order valence-electron chi connectivity index (χ3n) is 0.830. The number of nitriles is 1. The van der Waals surface area contributed by atoms with E-state index in [-0.39, 0.29) is 0 Å². The quantitative estimate of drug-likeness (QED) is 0.625. The van der Waals surface area contributed by atoms with Crippen molar-refractivity contribution >= 4 is 16.5 Å². The van der Waals surface area contributed by atoms with Crippen molar-refractivity contribution in [3.05, 3.63) is 11.1 Å². The zero-order valence-electron chi connectivity index (χ0n) is 4.66. The lowest BCUT2D eigenvalue weighted by Gasteiger charge is -1.77. The molecule has 0 unspecified atom stereocenters. The van der Waals surface area contributed by atoms with Gasteiger partial charge in [0.15, 0.2) is 5.13 Å². The average Bonchev–Trinajstić information content (AvgIpc) is 2.17. The van der Waals surface area contributed by atoms with Crippen molar-refractivity contribution in [2.24, 2.45) is 0 Å². The van der Waals surface area contributed by atoms with E-state index in [0.29, 0.717) is 11.6 Å². The van der Waals surface area contributed by atoms with Gasteiger partial charge < -0.3 is 5.73 Å². The minimum atomic E-state index is 0.355. The molecule has 0 spiro atoms. The highest BCUT2D eigenvalue weighted by Crippen LogP contribution is 2.10. The number of hydrogen-bond donors (Lipinski definition) is 1. The van der Waals surface area contributed by atoms with E-state index in [1.165, 1.54) is 11.3 Å². The van der Waals surface area contributed by atoms with E-state index in [4.69, 9.17) is 11.0 Å². The van der Waals surface area contributed by atoms with Crippen LogP contribution in [0.4, 0.5) is 5.13 Å². The lowest BCUT2D eigenvalue weighted by molar-refractivity contribution is 1.16. The summed E-state index contributed by atoms with van der Waals surface area (Å²) in [5.74, 6) is 0. The van der Waals surface area contributed by atoms with Crippen LogP contribution in [0, 0.1) is 11.3 Å². The predicted octanol–water partition coefficient (Wildman–Crippen LogP) is 0.791. The molecule has 0 aliphatic rings. The molecule has 3 nitrogen and oxygen atoms in total. The molecule has 1 aromatic heterocycles.